The predicted octanol–water partition coefficient (Wildman–Crippen LogP) is 0.835. The molecule has 1 saturated heterocycles. The molecule has 2 fully saturated rings. The standard InChI is InChI=1S/C13H16O5/c1-7-5-12(16)9(13(17)18-7)6-8-10(14)3-2-4-11(8)15/h7-9H,2-6H2,1H3. The normalized spacial score (nSPS) is 30.5. The summed E-state index contributed by atoms with van der Waals surface area (Å²) in [5.74, 6) is -2.82. The van der Waals surface area contributed by atoms with Gasteiger partial charge < -0.3 is 4.74 Å². The molecule has 0 bridgehead atoms. The maximum atomic E-state index is 11.8. The predicted molar refractivity (Wildman–Crippen MR) is 60.6 cm³/mol. The van der Waals surface area contributed by atoms with Crippen LogP contribution in [0.4, 0.5) is 0 Å². The molecule has 0 radical (unpaired) electrons. The largest absolute Gasteiger partial charge is 0.462 e. The van der Waals surface area contributed by atoms with Crippen molar-refractivity contribution >= 4 is 23.3 Å². The molecule has 5 heteroatoms. The van der Waals surface area contributed by atoms with Crippen molar-refractivity contribution in [3.63, 3.8) is 0 Å². The molecule has 2 rings (SSSR count). The summed E-state index contributed by atoms with van der Waals surface area (Å²) in [6.45, 7) is 1.66. The number of esters is 1. The number of Topliss-reactive ketones (excluding diaryl/α,β-unsaturated/α-hetero) is 3. The second-order valence-electron chi connectivity index (χ2n) is 5.04. The van der Waals surface area contributed by atoms with E-state index in [2.05, 4.69) is 0 Å². The molecule has 2 aliphatic rings. The first-order valence-corrected chi connectivity index (χ1v) is 6.27. The van der Waals surface area contributed by atoms with Crippen LogP contribution < -0.4 is 0 Å². The molecule has 5 nitrogen and oxygen atoms in total. The summed E-state index contributed by atoms with van der Waals surface area (Å²) >= 11 is 0. The Morgan fingerprint density at radius 1 is 1.00 bits per heavy atom. The number of ether oxygens (including phenoxy) is 1. The minimum atomic E-state index is -0.933. The van der Waals surface area contributed by atoms with Gasteiger partial charge in [-0.1, -0.05) is 0 Å². The SMILES string of the molecule is CC1CC(=O)C(CC2C(=O)CCCC2=O)C(=O)O1. The first kappa shape index (κ1) is 12.9. The van der Waals surface area contributed by atoms with Crippen molar-refractivity contribution in [3.05, 3.63) is 0 Å². The van der Waals surface area contributed by atoms with E-state index in [1.807, 2.05) is 0 Å². The fourth-order valence-corrected chi connectivity index (χ4v) is 2.57. The van der Waals surface area contributed by atoms with Gasteiger partial charge in [0.25, 0.3) is 0 Å². The summed E-state index contributed by atoms with van der Waals surface area (Å²) in [6.07, 6.45) is 1.08. The van der Waals surface area contributed by atoms with Gasteiger partial charge in [0.2, 0.25) is 0 Å². The molecule has 0 aromatic rings. The molecule has 0 spiro atoms. The highest BCUT2D eigenvalue weighted by atomic mass is 16.5. The Bertz CT molecular complexity index is 378. The zero-order chi connectivity index (χ0) is 13.3. The topological polar surface area (TPSA) is 77.5 Å². The van der Waals surface area contributed by atoms with Gasteiger partial charge >= 0.3 is 5.97 Å². The molecule has 18 heavy (non-hydrogen) atoms. The van der Waals surface area contributed by atoms with E-state index >= 15 is 0 Å². The first-order chi connectivity index (χ1) is 8.49. The van der Waals surface area contributed by atoms with Crippen LogP contribution in [-0.4, -0.2) is 29.4 Å². The zero-order valence-electron chi connectivity index (χ0n) is 10.3. The van der Waals surface area contributed by atoms with Crippen LogP contribution in [0.3, 0.4) is 0 Å². The second kappa shape index (κ2) is 5.00. The number of hydrogen-bond acceptors (Lipinski definition) is 5. The lowest BCUT2D eigenvalue weighted by molar-refractivity contribution is -0.164. The minimum absolute atomic E-state index is 0.00204. The van der Waals surface area contributed by atoms with Gasteiger partial charge in [-0.15, -0.1) is 0 Å². The number of rotatable bonds is 2. The van der Waals surface area contributed by atoms with Crippen LogP contribution in [-0.2, 0) is 23.9 Å². The highest BCUT2D eigenvalue weighted by molar-refractivity contribution is 6.07. The molecule has 98 valence electrons. The number of carbonyl (C=O) groups is 4. The van der Waals surface area contributed by atoms with Gasteiger partial charge in [0, 0.05) is 19.3 Å². The van der Waals surface area contributed by atoms with Crippen molar-refractivity contribution in [1.29, 1.82) is 0 Å². The van der Waals surface area contributed by atoms with E-state index < -0.39 is 23.9 Å². The highest BCUT2D eigenvalue weighted by Gasteiger charge is 2.41. The van der Waals surface area contributed by atoms with Crippen molar-refractivity contribution in [1.82, 2.24) is 0 Å². The van der Waals surface area contributed by atoms with Gasteiger partial charge in [-0.25, -0.2) is 0 Å². The smallest absolute Gasteiger partial charge is 0.316 e. The van der Waals surface area contributed by atoms with Crippen molar-refractivity contribution in [2.75, 3.05) is 0 Å². The van der Waals surface area contributed by atoms with Crippen molar-refractivity contribution in [3.8, 4) is 0 Å². The van der Waals surface area contributed by atoms with E-state index in [4.69, 9.17) is 4.74 Å². The van der Waals surface area contributed by atoms with Crippen molar-refractivity contribution in [2.24, 2.45) is 11.8 Å². The summed E-state index contributed by atoms with van der Waals surface area (Å²) < 4.78 is 5.00. The maximum Gasteiger partial charge on any atom is 0.316 e. The van der Waals surface area contributed by atoms with Gasteiger partial charge in [-0.2, -0.15) is 0 Å². The van der Waals surface area contributed by atoms with E-state index in [0.717, 1.165) is 0 Å². The Balaban J connectivity index is 2.08. The Morgan fingerprint density at radius 3 is 2.17 bits per heavy atom. The lowest BCUT2D eigenvalue weighted by Gasteiger charge is -2.28. The van der Waals surface area contributed by atoms with Gasteiger partial charge in [0.1, 0.15) is 23.6 Å². The van der Waals surface area contributed by atoms with Crippen LogP contribution >= 0.6 is 0 Å². The lowest BCUT2D eigenvalue weighted by Crippen LogP contribution is -2.41. The molecule has 1 heterocycles. The van der Waals surface area contributed by atoms with E-state index in [1.54, 1.807) is 6.92 Å². The van der Waals surface area contributed by atoms with Crippen LogP contribution in [0.1, 0.15) is 39.0 Å². The Kier molecular flexibility index (Phi) is 3.59. The van der Waals surface area contributed by atoms with Crippen LogP contribution in [0.5, 0.6) is 0 Å². The van der Waals surface area contributed by atoms with Gasteiger partial charge in [0.15, 0.2) is 5.78 Å². The summed E-state index contributed by atoms with van der Waals surface area (Å²) in [5.41, 5.74) is 0. The fraction of sp³-hybridized carbons (Fsp3) is 0.692. The van der Waals surface area contributed by atoms with Crippen LogP contribution in [0.2, 0.25) is 0 Å². The fourth-order valence-electron chi connectivity index (χ4n) is 2.57. The summed E-state index contributed by atoms with van der Waals surface area (Å²) in [7, 11) is 0. The molecule has 1 aliphatic carbocycles. The lowest BCUT2D eigenvalue weighted by atomic mass is 9.78. The van der Waals surface area contributed by atoms with Crippen LogP contribution in [0.15, 0.2) is 0 Å². The first-order valence-electron chi connectivity index (χ1n) is 6.27. The Hall–Kier alpha value is -1.52. The third-order valence-electron chi connectivity index (χ3n) is 3.57. The molecular weight excluding hydrogens is 236 g/mol. The Morgan fingerprint density at radius 2 is 1.61 bits per heavy atom. The third-order valence-corrected chi connectivity index (χ3v) is 3.57. The van der Waals surface area contributed by atoms with E-state index in [0.29, 0.717) is 19.3 Å². The quantitative estimate of drug-likeness (QED) is 0.537. The summed E-state index contributed by atoms with van der Waals surface area (Å²) in [4.78, 5) is 46.8. The molecule has 2 unspecified atom stereocenters. The average Bonchev–Trinajstić information content (AvgIpc) is 2.26. The van der Waals surface area contributed by atoms with E-state index in [1.165, 1.54) is 0 Å². The maximum absolute atomic E-state index is 11.8. The zero-order valence-corrected chi connectivity index (χ0v) is 10.3. The average molecular weight is 252 g/mol. The molecule has 0 amide bonds. The highest BCUT2D eigenvalue weighted by Crippen LogP contribution is 2.28. The molecule has 0 N–H and O–H groups in total. The van der Waals surface area contributed by atoms with Gasteiger partial charge in [0.05, 0.1) is 5.92 Å². The van der Waals surface area contributed by atoms with Gasteiger partial charge in [-0.05, 0) is 19.8 Å². The van der Waals surface area contributed by atoms with E-state index in [9.17, 15) is 19.2 Å². The third kappa shape index (κ3) is 2.49. The molecule has 0 aromatic heterocycles. The van der Waals surface area contributed by atoms with E-state index in [-0.39, 0.29) is 30.2 Å². The molecule has 1 saturated carbocycles. The summed E-state index contributed by atoms with van der Waals surface area (Å²) in [5, 5.41) is 0. The van der Waals surface area contributed by atoms with Crippen molar-refractivity contribution < 1.29 is 23.9 Å². The number of cyclic esters (lactones) is 1. The van der Waals surface area contributed by atoms with Crippen LogP contribution in [0, 0.1) is 11.8 Å². The number of ketones is 3. The Labute approximate surface area is 105 Å². The molecule has 2 atom stereocenters. The van der Waals surface area contributed by atoms with Crippen molar-refractivity contribution in [2.45, 2.75) is 45.1 Å². The molecule has 1 aliphatic heterocycles. The number of hydrogen-bond donors (Lipinski definition) is 0. The summed E-state index contributed by atoms with van der Waals surface area (Å²) in [6, 6.07) is 0. The molecular formula is C13H16O5. The monoisotopic (exact) mass is 252 g/mol. The second-order valence-corrected chi connectivity index (χ2v) is 5.04. The number of carbonyl (C=O) groups excluding carboxylic acids is 4. The van der Waals surface area contributed by atoms with Crippen LogP contribution in [0.25, 0.3) is 0 Å². The van der Waals surface area contributed by atoms with Gasteiger partial charge in [-0.3, -0.25) is 19.2 Å². The minimum Gasteiger partial charge on any atom is -0.462 e. The molecule has 0 aromatic carbocycles.